The van der Waals surface area contributed by atoms with E-state index in [1.165, 1.54) is 4.68 Å². The van der Waals surface area contributed by atoms with Crippen LogP contribution in [0.5, 0.6) is 0 Å². The monoisotopic (exact) mass is 435 g/mol. The molecule has 0 radical (unpaired) electrons. The minimum absolute atomic E-state index is 0.111. The summed E-state index contributed by atoms with van der Waals surface area (Å²) in [7, 11) is 0. The number of carbonyl (C=O) groups is 2. The van der Waals surface area contributed by atoms with Gasteiger partial charge in [-0.15, -0.1) is 0 Å². The maximum Gasteiger partial charge on any atom is 0.281 e. The van der Waals surface area contributed by atoms with E-state index in [1.807, 2.05) is 60.6 Å². The summed E-state index contributed by atoms with van der Waals surface area (Å²) in [4.78, 5) is 39.6. The number of para-hydroxylation sites is 1. The third kappa shape index (κ3) is 3.92. The van der Waals surface area contributed by atoms with Crippen LogP contribution in [0.2, 0.25) is 0 Å². The predicted molar refractivity (Wildman–Crippen MR) is 123 cm³/mol. The maximum atomic E-state index is 13.2. The second-order valence-corrected chi connectivity index (χ2v) is 8.33. The molecule has 1 N–H and O–H groups in total. The topological polar surface area (TPSA) is 89.2 Å². The van der Waals surface area contributed by atoms with E-state index in [-0.39, 0.29) is 17.4 Å². The molecule has 0 saturated carbocycles. The van der Waals surface area contributed by atoms with Crippen LogP contribution < -0.4 is 10.9 Å². The standard InChI is InChI=1S/C24H29N5O3/c1-16-20-15-26-29(19-9-5-4-6-10-19)24(32)22(20)17(2)28(16)18(3)23(31)25-12-8-14-27-13-7-11-21(27)30/h4-6,9-10,15,18H,7-8,11-14H2,1-3H3,(H,25,31). The second kappa shape index (κ2) is 8.98. The van der Waals surface area contributed by atoms with Crippen LogP contribution in [0.4, 0.5) is 0 Å². The Hall–Kier alpha value is -3.42. The minimum atomic E-state index is -0.472. The van der Waals surface area contributed by atoms with E-state index in [9.17, 15) is 14.4 Å². The molecule has 0 bridgehead atoms. The largest absolute Gasteiger partial charge is 0.354 e. The molecule has 2 aromatic heterocycles. The summed E-state index contributed by atoms with van der Waals surface area (Å²) in [6, 6.07) is 8.82. The molecule has 1 aromatic carbocycles. The summed E-state index contributed by atoms with van der Waals surface area (Å²) in [5.41, 5.74) is 2.09. The Bertz CT molecular complexity index is 1210. The zero-order valence-electron chi connectivity index (χ0n) is 18.8. The molecule has 32 heavy (non-hydrogen) atoms. The molecule has 0 aliphatic carbocycles. The van der Waals surface area contributed by atoms with Crippen LogP contribution in [0.1, 0.15) is 43.6 Å². The number of aromatic nitrogens is 3. The van der Waals surface area contributed by atoms with Crippen molar-refractivity contribution in [2.45, 2.75) is 46.1 Å². The third-order valence-corrected chi connectivity index (χ3v) is 6.30. The van der Waals surface area contributed by atoms with E-state index in [0.717, 1.165) is 36.2 Å². The molecule has 1 unspecified atom stereocenters. The van der Waals surface area contributed by atoms with Crippen molar-refractivity contribution in [3.63, 3.8) is 0 Å². The van der Waals surface area contributed by atoms with Crippen LogP contribution in [-0.4, -0.2) is 50.7 Å². The van der Waals surface area contributed by atoms with Crippen molar-refractivity contribution in [2.75, 3.05) is 19.6 Å². The van der Waals surface area contributed by atoms with Gasteiger partial charge in [0, 0.05) is 42.8 Å². The van der Waals surface area contributed by atoms with E-state index in [2.05, 4.69) is 10.4 Å². The van der Waals surface area contributed by atoms with Gasteiger partial charge in [-0.2, -0.15) is 9.78 Å². The van der Waals surface area contributed by atoms with Gasteiger partial charge in [-0.25, -0.2) is 0 Å². The number of nitrogens with one attached hydrogen (secondary N) is 1. The zero-order chi connectivity index (χ0) is 22.8. The lowest BCUT2D eigenvalue weighted by molar-refractivity contribution is -0.127. The highest BCUT2D eigenvalue weighted by molar-refractivity contribution is 5.89. The molecule has 0 spiro atoms. The number of hydrogen-bond donors (Lipinski definition) is 1. The highest BCUT2D eigenvalue weighted by Crippen LogP contribution is 2.26. The summed E-state index contributed by atoms with van der Waals surface area (Å²) >= 11 is 0. The molecule has 4 rings (SSSR count). The predicted octanol–water partition coefficient (Wildman–Crippen LogP) is 2.49. The summed E-state index contributed by atoms with van der Waals surface area (Å²) in [5, 5.41) is 8.67. The molecule has 1 aliphatic heterocycles. The number of rotatable bonds is 7. The fraction of sp³-hybridized carbons (Fsp3) is 0.417. The number of hydrogen-bond acceptors (Lipinski definition) is 4. The number of likely N-dealkylation sites (tertiary alicyclic amines) is 1. The molecule has 8 nitrogen and oxygen atoms in total. The summed E-state index contributed by atoms with van der Waals surface area (Å²) in [6.07, 6.45) is 3.97. The first-order valence-corrected chi connectivity index (χ1v) is 11.1. The molecule has 1 saturated heterocycles. The highest BCUT2D eigenvalue weighted by atomic mass is 16.2. The molecule has 1 aliphatic rings. The Morgan fingerprint density at radius 2 is 1.91 bits per heavy atom. The zero-order valence-corrected chi connectivity index (χ0v) is 18.8. The fourth-order valence-electron chi connectivity index (χ4n) is 4.60. The lowest BCUT2D eigenvalue weighted by Gasteiger charge is -2.19. The van der Waals surface area contributed by atoms with Crippen molar-refractivity contribution in [3.8, 4) is 5.69 Å². The van der Waals surface area contributed by atoms with Crippen LogP contribution in [0.25, 0.3) is 16.5 Å². The van der Waals surface area contributed by atoms with Gasteiger partial charge in [0.25, 0.3) is 5.56 Å². The van der Waals surface area contributed by atoms with Crippen molar-refractivity contribution in [1.82, 2.24) is 24.6 Å². The smallest absolute Gasteiger partial charge is 0.281 e. The lowest BCUT2D eigenvalue weighted by atomic mass is 10.2. The maximum absolute atomic E-state index is 13.2. The Labute approximate surface area is 186 Å². The number of nitrogens with zero attached hydrogens (tertiary/aromatic N) is 4. The Kier molecular flexibility index (Phi) is 6.12. The van der Waals surface area contributed by atoms with Gasteiger partial charge in [-0.3, -0.25) is 14.4 Å². The van der Waals surface area contributed by atoms with E-state index in [0.29, 0.717) is 30.6 Å². The summed E-state index contributed by atoms with van der Waals surface area (Å²) in [6.45, 7) is 7.60. The molecule has 3 aromatic rings. The molecule has 1 fully saturated rings. The molecule has 1 atom stereocenters. The average molecular weight is 436 g/mol. The number of fused-ring (bicyclic) bond motifs is 1. The Morgan fingerprint density at radius 3 is 2.59 bits per heavy atom. The quantitative estimate of drug-likeness (QED) is 0.578. The number of carbonyl (C=O) groups excluding carboxylic acids is 2. The van der Waals surface area contributed by atoms with Crippen molar-refractivity contribution >= 4 is 22.6 Å². The first kappa shape index (κ1) is 21.8. The van der Waals surface area contributed by atoms with E-state index in [1.54, 1.807) is 6.20 Å². The molecular weight excluding hydrogens is 406 g/mol. The SMILES string of the molecule is Cc1c2cnn(-c3ccccc3)c(=O)c2c(C)n1C(C)C(=O)NCCCN1CCCC1=O. The van der Waals surface area contributed by atoms with E-state index < -0.39 is 6.04 Å². The van der Waals surface area contributed by atoms with Crippen molar-refractivity contribution in [2.24, 2.45) is 0 Å². The Morgan fingerprint density at radius 1 is 1.16 bits per heavy atom. The van der Waals surface area contributed by atoms with Gasteiger partial charge in [0.05, 0.1) is 17.3 Å². The van der Waals surface area contributed by atoms with Crippen molar-refractivity contribution < 1.29 is 9.59 Å². The number of amides is 2. The molecule has 2 amide bonds. The first-order valence-electron chi connectivity index (χ1n) is 11.1. The van der Waals surface area contributed by atoms with Gasteiger partial charge >= 0.3 is 0 Å². The molecule has 3 heterocycles. The second-order valence-electron chi connectivity index (χ2n) is 8.33. The number of benzene rings is 1. The van der Waals surface area contributed by atoms with Crippen LogP contribution in [0.3, 0.4) is 0 Å². The van der Waals surface area contributed by atoms with E-state index >= 15 is 0 Å². The highest BCUT2D eigenvalue weighted by Gasteiger charge is 2.24. The van der Waals surface area contributed by atoms with Gasteiger partial charge in [0.1, 0.15) is 6.04 Å². The Balaban J connectivity index is 1.53. The number of aryl methyl sites for hydroxylation is 2. The van der Waals surface area contributed by atoms with Gasteiger partial charge in [0.15, 0.2) is 0 Å². The van der Waals surface area contributed by atoms with E-state index in [4.69, 9.17) is 0 Å². The summed E-state index contributed by atoms with van der Waals surface area (Å²) in [5.74, 6) is 0.0883. The van der Waals surface area contributed by atoms with Crippen LogP contribution in [0.15, 0.2) is 41.3 Å². The summed E-state index contributed by atoms with van der Waals surface area (Å²) < 4.78 is 3.30. The lowest BCUT2D eigenvalue weighted by Crippen LogP contribution is -2.34. The van der Waals surface area contributed by atoms with Crippen molar-refractivity contribution in [1.29, 1.82) is 0 Å². The normalized spacial score (nSPS) is 14.8. The molecule has 8 heteroatoms. The minimum Gasteiger partial charge on any atom is -0.354 e. The fourth-order valence-corrected chi connectivity index (χ4v) is 4.60. The molecular formula is C24H29N5O3. The van der Waals surface area contributed by atoms with Gasteiger partial charge < -0.3 is 14.8 Å². The van der Waals surface area contributed by atoms with Crippen molar-refractivity contribution in [3.05, 3.63) is 58.3 Å². The van der Waals surface area contributed by atoms with Crippen LogP contribution in [0, 0.1) is 13.8 Å². The average Bonchev–Trinajstić information content (AvgIpc) is 3.31. The van der Waals surface area contributed by atoms with Crippen LogP contribution >= 0.6 is 0 Å². The third-order valence-electron chi connectivity index (χ3n) is 6.30. The van der Waals surface area contributed by atoms with Crippen LogP contribution in [-0.2, 0) is 9.59 Å². The van der Waals surface area contributed by atoms with Gasteiger partial charge in [-0.1, -0.05) is 18.2 Å². The van der Waals surface area contributed by atoms with Gasteiger partial charge in [-0.05, 0) is 45.7 Å². The first-order chi connectivity index (χ1) is 15.4. The van der Waals surface area contributed by atoms with Gasteiger partial charge in [0.2, 0.25) is 11.8 Å². The molecule has 168 valence electrons.